The van der Waals surface area contributed by atoms with Crippen LogP contribution in [-0.4, -0.2) is 18.4 Å². The van der Waals surface area contributed by atoms with E-state index < -0.39 is 0 Å². The van der Waals surface area contributed by atoms with E-state index in [1.165, 1.54) is 77.0 Å². The van der Waals surface area contributed by atoms with E-state index in [1.54, 1.807) is 0 Å². The molecule has 152 valence electrons. The molecule has 2 nitrogen and oxygen atoms in total. The van der Waals surface area contributed by atoms with E-state index in [1.807, 2.05) is 0 Å². The molecule has 0 amide bonds. The van der Waals surface area contributed by atoms with Gasteiger partial charge in [-0.15, -0.1) is 0 Å². The molecule has 0 aromatic rings. The van der Waals surface area contributed by atoms with Crippen LogP contribution in [0.5, 0.6) is 0 Å². The average Bonchev–Trinajstić information content (AvgIpc) is 3.05. The minimum absolute atomic E-state index is 0.0716. The third-order valence-electron chi connectivity index (χ3n) is 11.2. The van der Waals surface area contributed by atoms with Crippen LogP contribution >= 0.6 is 0 Å². The largest absolute Gasteiger partial charge is 0.311 e. The Morgan fingerprint density at radius 2 is 1.59 bits per heavy atom. The van der Waals surface area contributed by atoms with Gasteiger partial charge >= 0.3 is 0 Å². The number of piperidine rings is 1. The Hall–Kier alpha value is -0.370. The van der Waals surface area contributed by atoms with E-state index in [-0.39, 0.29) is 11.0 Å². The predicted molar refractivity (Wildman–Crippen MR) is 110 cm³/mol. The lowest BCUT2D eigenvalue weighted by atomic mass is 9.38. The van der Waals surface area contributed by atoms with Crippen molar-refractivity contribution in [3.63, 3.8) is 0 Å². The van der Waals surface area contributed by atoms with Gasteiger partial charge in [0.05, 0.1) is 0 Å². The monoisotopic (exact) mass is 371 g/mol. The molecule has 4 aliphatic carbocycles. The molecule has 1 saturated heterocycles. The maximum Gasteiger partial charge on any atom is 0.126 e. The number of hydrogen-bond acceptors (Lipinski definition) is 2. The number of nitrogens with one attached hydrogen (secondary N) is 1. The first-order chi connectivity index (χ1) is 12.8. The number of rotatable bonds is 1. The molecule has 27 heavy (non-hydrogen) atoms. The molecule has 0 bridgehead atoms. The summed E-state index contributed by atoms with van der Waals surface area (Å²) in [6.07, 6.45) is 14.7. The van der Waals surface area contributed by atoms with Gasteiger partial charge in [-0.05, 0) is 119 Å². The van der Waals surface area contributed by atoms with Crippen molar-refractivity contribution in [2.24, 2.45) is 45.8 Å². The number of carbonyl (C=O) groups excluding carboxylic acids is 1. The first-order valence-electron chi connectivity index (χ1n) is 12.0. The van der Waals surface area contributed by atoms with Crippen LogP contribution in [0.4, 0.5) is 0 Å². The highest BCUT2D eigenvalue weighted by atomic mass is 16.1. The van der Waals surface area contributed by atoms with Crippen molar-refractivity contribution < 1.29 is 4.79 Å². The quantitative estimate of drug-likeness (QED) is 0.608. The summed E-state index contributed by atoms with van der Waals surface area (Å²) >= 11 is 0. The van der Waals surface area contributed by atoms with Crippen LogP contribution in [0, 0.1) is 45.8 Å². The summed E-state index contributed by atoms with van der Waals surface area (Å²) < 4.78 is 0. The number of fused-ring (bicyclic) bond motifs is 7. The molecule has 5 rings (SSSR count). The Balaban J connectivity index is 1.49. The molecule has 1 heterocycles. The van der Waals surface area contributed by atoms with Crippen molar-refractivity contribution >= 4 is 6.29 Å². The van der Waals surface area contributed by atoms with Crippen LogP contribution in [0.25, 0.3) is 0 Å². The van der Waals surface area contributed by atoms with Crippen molar-refractivity contribution in [1.29, 1.82) is 0 Å². The summed E-state index contributed by atoms with van der Waals surface area (Å²) in [7, 11) is 0. The van der Waals surface area contributed by atoms with Crippen molar-refractivity contribution in [1.82, 2.24) is 5.32 Å². The topological polar surface area (TPSA) is 29.1 Å². The second kappa shape index (κ2) is 5.83. The molecule has 1 N–H and O–H groups in total. The zero-order valence-corrected chi connectivity index (χ0v) is 18.2. The molecule has 7 unspecified atom stereocenters. The summed E-state index contributed by atoms with van der Waals surface area (Å²) in [5.74, 6) is 4.13. The van der Waals surface area contributed by atoms with E-state index >= 15 is 0 Å². The molecule has 1 aliphatic heterocycles. The van der Waals surface area contributed by atoms with Gasteiger partial charge in [-0.2, -0.15) is 0 Å². The van der Waals surface area contributed by atoms with Gasteiger partial charge in [-0.3, -0.25) is 0 Å². The molecular weight excluding hydrogens is 330 g/mol. The lowest BCUT2D eigenvalue weighted by Crippen LogP contribution is -2.66. The van der Waals surface area contributed by atoms with Crippen LogP contribution in [-0.2, 0) is 4.79 Å². The molecule has 8 atom stereocenters. The van der Waals surface area contributed by atoms with E-state index in [9.17, 15) is 4.79 Å². The first-order valence-corrected chi connectivity index (χ1v) is 12.0. The van der Waals surface area contributed by atoms with E-state index in [0.717, 1.165) is 23.7 Å². The van der Waals surface area contributed by atoms with Gasteiger partial charge in [0.25, 0.3) is 0 Å². The first kappa shape index (κ1) is 18.6. The van der Waals surface area contributed by atoms with Gasteiger partial charge < -0.3 is 10.1 Å². The van der Waals surface area contributed by atoms with Gasteiger partial charge in [-0.25, -0.2) is 0 Å². The lowest BCUT2D eigenvalue weighted by molar-refractivity contribution is -0.185. The van der Waals surface area contributed by atoms with Crippen LogP contribution in [0.2, 0.25) is 0 Å². The SMILES string of the molecule is CC1(C)NCCC2(C)C1CCC1(C)C3CCC4(C=O)CCC[C@@H]4C3CCC12. The summed E-state index contributed by atoms with van der Waals surface area (Å²) in [4.78, 5) is 12.1. The fraction of sp³-hybridized carbons (Fsp3) is 0.960. The number of carbonyl (C=O) groups is 1. The second-order valence-corrected chi connectivity index (χ2v) is 12.3. The molecule has 5 fully saturated rings. The van der Waals surface area contributed by atoms with Crippen LogP contribution < -0.4 is 5.32 Å². The van der Waals surface area contributed by atoms with E-state index in [4.69, 9.17) is 0 Å². The van der Waals surface area contributed by atoms with Crippen LogP contribution in [0.1, 0.15) is 91.9 Å². The second-order valence-electron chi connectivity index (χ2n) is 12.3. The summed E-state index contributed by atoms with van der Waals surface area (Å²) in [5.41, 5.74) is 1.37. The summed E-state index contributed by atoms with van der Waals surface area (Å²) in [5, 5.41) is 3.85. The zero-order valence-electron chi connectivity index (χ0n) is 18.2. The Labute approximate surface area is 166 Å². The molecule has 2 heteroatoms. The fourth-order valence-corrected chi connectivity index (χ4v) is 10.1. The Bertz CT molecular complexity index is 628. The Morgan fingerprint density at radius 3 is 2.37 bits per heavy atom. The van der Waals surface area contributed by atoms with Gasteiger partial charge in [0.2, 0.25) is 0 Å². The predicted octanol–water partition coefficient (Wildman–Crippen LogP) is 5.60. The van der Waals surface area contributed by atoms with Gasteiger partial charge in [-0.1, -0.05) is 20.3 Å². The maximum atomic E-state index is 12.1. The highest BCUT2D eigenvalue weighted by Gasteiger charge is 2.65. The highest BCUT2D eigenvalue weighted by Crippen LogP contribution is 2.71. The standard InChI is InChI=1S/C25H41NO/c1-22(2)20-10-12-23(3)18-9-13-25(16-27)11-5-6-19(25)17(18)7-8-21(23)24(20,4)14-15-26-22/h16-21,26H,5-15H2,1-4H3/t17?,18?,19-,20?,21?,23?,24?,25?/m1/s1. The molecule has 0 spiro atoms. The van der Waals surface area contributed by atoms with E-state index in [0.29, 0.717) is 16.7 Å². The Morgan fingerprint density at radius 1 is 0.778 bits per heavy atom. The lowest BCUT2D eigenvalue weighted by Gasteiger charge is -2.68. The number of hydrogen-bond donors (Lipinski definition) is 1. The van der Waals surface area contributed by atoms with Crippen molar-refractivity contribution in [2.75, 3.05) is 6.54 Å². The van der Waals surface area contributed by atoms with Gasteiger partial charge in [0.1, 0.15) is 6.29 Å². The van der Waals surface area contributed by atoms with Crippen molar-refractivity contribution in [2.45, 2.75) is 97.4 Å². The van der Waals surface area contributed by atoms with Crippen LogP contribution in [0.15, 0.2) is 0 Å². The molecule has 5 aliphatic rings. The molecular formula is C25H41NO. The third kappa shape index (κ3) is 2.31. The number of aldehydes is 1. The molecule has 0 aromatic carbocycles. The van der Waals surface area contributed by atoms with Gasteiger partial charge in [0, 0.05) is 11.0 Å². The normalized spacial score (nSPS) is 56.4. The third-order valence-corrected chi connectivity index (χ3v) is 11.2. The van der Waals surface area contributed by atoms with Crippen molar-refractivity contribution in [3.8, 4) is 0 Å². The summed E-state index contributed by atoms with van der Waals surface area (Å²) in [6, 6.07) is 0. The van der Waals surface area contributed by atoms with Crippen molar-refractivity contribution in [3.05, 3.63) is 0 Å². The van der Waals surface area contributed by atoms with Crippen LogP contribution in [0.3, 0.4) is 0 Å². The smallest absolute Gasteiger partial charge is 0.126 e. The Kier molecular flexibility index (Phi) is 4.03. The average molecular weight is 372 g/mol. The zero-order chi connectivity index (χ0) is 19.1. The fourth-order valence-electron chi connectivity index (χ4n) is 10.1. The minimum atomic E-state index is 0.0716. The molecule has 0 aromatic heterocycles. The highest BCUT2D eigenvalue weighted by molar-refractivity contribution is 5.61. The molecule has 4 saturated carbocycles. The summed E-state index contributed by atoms with van der Waals surface area (Å²) in [6.45, 7) is 11.5. The van der Waals surface area contributed by atoms with Gasteiger partial charge in [0.15, 0.2) is 0 Å². The maximum absolute atomic E-state index is 12.1. The van der Waals surface area contributed by atoms with E-state index in [2.05, 4.69) is 33.0 Å². The minimum Gasteiger partial charge on any atom is -0.311 e. The molecule has 0 radical (unpaired) electrons.